The lowest BCUT2D eigenvalue weighted by molar-refractivity contribution is 0.721. The molecule has 1 nitrogen and oxygen atoms in total. The van der Waals surface area contributed by atoms with Crippen LogP contribution in [0.3, 0.4) is 0 Å². The summed E-state index contributed by atoms with van der Waals surface area (Å²) in [5, 5.41) is 0.803. The number of hydrogen-bond acceptors (Lipinski definition) is 1. The van der Waals surface area contributed by atoms with Gasteiger partial charge in [-0.3, -0.25) is 0 Å². The number of benzene rings is 2. The van der Waals surface area contributed by atoms with E-state index in [4.69, 9.17) is 17.3 Å². The maximum Gasteiger partial charge on any atom is 0.0441 e. The van der Waals surface area contributed by atoms with Crippen LogP contribution in [0.25, 0.3) is 0 Å². The summed E-state index contributed by atoms with van der Waals surface area (Å²) in [6.07, 6.45) is 0.766. The molecule has 18 heavy (non-hydrogen) atoms. The second-order valence-electron chi connectivity index (χ2n) is 4.82. The summed E-state index contributed by atoms with van der Waals surface area (Å²) in [7, 11) is 0. The molecule has 0 bridgehead atoms. The van der Waals surface area contributed by atoms with Gasteiger partial charge in [-0.25, -0.2) is 0 Å². The first kappa shape index (κ1) is 13.1. The molecule has 0 spiro atoms. The highest BCUT2D eigenvalue weighted by molar-refractivity contribution is 6.31. The lowest BCUT2D eigenvalue weighted by Crippen LogP contribution is -2.13. The Balaban J connectivity index is 2.15. The van der Waals surface area contributed by atoms with Gasteiger partial charge in [-0.1, -0.05) is 53.6 Å². The SMILES string of the molecule is Cc1ccc(C(N)Cc2ccc(C)cc2Cl)cc1. The normalized spacial score (nSPS) is 12.4. The van der Waals surface area contributed by atoms with Gasteiger partial charge in [-0.2, -0.15) is 0 Å². The second-order valence-corrected chi connectivity index (χ2v) is 5.22. The summed E-state index contributed by atoms with van der Waals surface area (Å²) in [6, 6.07) is 14.5. The zero-order valence-corrected chi connectivity index (χ0v) is 11.5. The highest BCUT2D eigenvalue weighted by Gasteiger charge is 2.09. The van der Waals surface area contributed by atoms with E-state index in [1.807, 2.05) is 13.0 Å². The lowest BCUT2D eigenvalue weighted by atomic mass is 9.98. The van der Waals surface area contributed by atoms with E-state index in [0.717, 1.165) is 22.6 Å². The Kier molecular flexibility index (Phi) is 4.05. The summed E-state index contributed by atoms with van der Waals surface area (Å²) in [4.78, 5) is 0. The molecule has 1 unspecified atom stereocenters. The molecule has 0 aliphatic heterocycles. The molecule has 0 fully saturated rings. The van der Waals surface area contributed by atoms with Crippen molar-refractivity contribution in [3.8, 4) is 0 Å². The van der Waals surface area contributed by atoms with Crippen LogP contribution in [0.2, 0.25) is 5.02 Å². The van der Waals surface area contributed by atoms with Crippen LogP contribution in [0.5, 0.6) is 0 Å². The molecule has 2 heteroatoms. The van der Waals surface area contributed by atoms with Crippen LogP contribution in [0.15, 0.2) is 42.5 Å². The van der Waals surface area contributed by atoms with Crippen molar-refractivity contribution >= 4 is 11.6 Å². The Morgan fingerprint density at radius 1 is 1.00 bits per heavy atom. The van der Waals surface area contributed by atoms with Gasteiger partial charge in [-0.15, -0.1) is 0 Å². The Hall–Kier alpha value is -1.31. The molecule has 2 aromatic carbocycles. The summed E-state index contributed by atoms with van der Waals surface area (Å²) >= 11 is 6.23. The molecular formula is C16H18ClN. The van der Waals surface area contributed by atoms with Gasteiger partial charge >= 0.3 is 0 Å². The molecule has 0 aliphatic carbocycles. The van der Waals surface area contributed by atoms with Crippen LogP contribution in [0.4, 0.5) is 0 Å². The van der Waals surface area contributed by atoms with Crippen molar-refractivity contribution in [3.63, 3.8) is 0 Å². The van der Waals surface area contributed by atoms with E-state index in [9.17, 15) is 0 Å². The van der Waals surface area contributed by atoms with Gasteiger partial charge < -0.3 is 5.73 Å². The zero-order valence-electron chi connectivity index (χ0n) is 10.8. The number of nitrogens with two attached hydrogens (primary N) is 1. The first-order valence-electron chi connectivity index (χ1n) is 6.13. The van der Waals surface area contributed by atoms with Crippen molar-refractivity contribution in [3.05, 3.63) is 69.7 Å². The second kappa shape index (κ2) is 5.55. The monoisotopic (exact) mass is 259 g/mol. The molecule has 0 amide bonds. The average molecular weight is 260 g/mol. The van der Waals surface area contributed by atoms with Crippen molar-refractivity contribution in [2.75, 3.05) is 0 Å². The van der Waals surface area contributed by atoms with E-state index in [2.05, 4.69) is 43.3 Å². The van der Waals surface area contributed by atoms with E-state index in [1.54, 1.807) is 0 Å². The van der Waals surface area contributed by atoms with Gasteiger partial charge in [0.1, 0.15) is 0 Å². The van der Waals surface area contributed by atoms with E-state index in [1.165, 1.54) is 11.1 Å². The van der Waals surface area contributed by atoms with E-state index < -0.39 is 0 Å². The first-order chi connectivity index (χ1) is 8.56. The van der Waals surface area contributed by atoms with Crippen LogP contribution >= 0.6 is 11.6 Å². The fraction of sp³-hybridized carbons (Fsp3) is 0.250. The van der Waals surface area contributed by atoms with E-state index in [0.29, 0.717) is 0 Å². The molecule has 0 saturated carbocycles. The molecule has 0 aromatic heterocycles. The van der Waals surface area contributed by atoms with E-state index in [-0.39, 0.29) is 6.04 Å². The minimum Gasteiger partial charge on any atom is -0.324 e. The van der Waals surface area contributed by atoms with Crippen LogP contribution in [0, 0.1) is 13.8 Å². The largest absolute Gasteiger partial charge is 0.324 e. The standard InChI is InChI=1S/C16H18ClN/c1-11-3-6-13(7-4-11)16(18)10-14-8-5-12(2)9-15(14)17/h3-9,16H,10,18H2,1-2H3. The number of aryl methyl sites for hydroxylation is 2. The molecule has 0 aliphatic rings. The van der Waals surface area contributed by atoms with Crippen LogP contribution in [-0.4, -0.2) is 0 Å². The summed E-state index contributed by atoms with van der Waals surface area (Å²) in [6.45, 7) is 4.11. The summed E-state index contributed by atoms with van der Waals surface area (Å²) in [5.74, 6) is 0. The Labute approximate surface area is 114 Å². The van der Waals surface area contributed by atoms with Crippen LogP contribution in [-0.2, 0) is 6.42 Å². The molecule has 94 valence electrons. The highest BCUT2D eigenvalue weighted by atomic mass is 35.5. The number of halogens is 1. The van der Waals surface area contributed by atoms with Crippen molar-refractivity contribution in [2.45, 2.75) is 26.3 Å². The third-order valence-corrected chi connectivity index (χ3v) is 3.51. The quantitative estimate of drug-likeness (QED) is 0.878. The molecule has 2 N–H and O–H groups in total. The third kappa shape index (κ3) is 3.12. The smallest absolute Gasteiger partial charge is 0.0441 e. The molecule has 0 heterocycles. The third-order valence-electron chi connectivity index (χ3n) is 3.15. The van der Waals surface area contributed by atoms with Crippen LogP contribution in [0.1, 0.15) is 28.3 Å². The maximum absolute atomic E-state index is 6.23. The van der Waals surface area contributed by atoms with Crippen molar-refractivity contribution in [1.82, 2.24) is 0 Å². The fourth-order valence-corrected chi connectivity index (χ4v) is 2.30. The van der Waals surface area contributed by atoms with Crippen molar-refractivity contribution in [1.29, 1.82) is 0 Å². The average Bonchev–Trinajstić information content (AvgIpc) is 2.33. The Morgan fingerprint density at radius 3 is 2.22 bits per heavy atom. The minimum absolute atomic E-state index is 0.00851. The fourth-order valence-electron chi connectivity index (χ4n) is 1.99. The zero-order chi connectivity index (χ0) is 13.1. The topological polar surface area (TPSA) is 26.0 Å². The molecule has 0 saturated heterocycles. The molecule has 1 atom stereocenters. The van der Waals surface area contributed by atoms with Gasteiger partial charge in [0.15, 0.2) is 0 Å². The number of rotatable bonds is 3. The Morgan fingerprint density at radius 2 is 1.61 bits per heavy atom. The minimum atomic E-state index is -0.00851. The molecule has 0 radical (unpaired) electrons. The highest BCUT2D eigenvalue weighted by Crippen LogP contribution is 2.23. The summed E-state index contributed by atoms with van der Waals surface area (Å²) < 4.78 is 0. The van der Waals surface area contributed by atoms with Gasteiger partial charge in [0.2, 0.25) is 0 Å². The maximum atomic E-state index is 6.23. The predicted octanol–water partition coefficient (Wildman–Crippen LogP) is 4.20. The first-order valence-corrected chi connectivity index (χ1v) is 6.51. The van der Waals surface area contributed by atoms with Gasteiger partial charge in [0.25, 0.3) is 0 Å². The van der Waals surface area contributed by atoms with Crippen LogP contribution < -0.4 is 5.73 Å². The van der Waals surface area contributed by atoms with Crippen molar-refractivity contribution in [2.24, 2.45) is 5.73 Å². The van der Waals surface area contributed by atoms with E-state index >= 15 is 0 Å². The number of hydrogen-bond donors (Lipinski definition) is 1. The lowest BCUT2D eigenvalue weighted by Gasteiger charge is -2.14. The van der Waals surface area contributed by atoms with Crippen molar-refractivity contribution < 1.29 is 0 Å². The van der Waals surface area contributed by atoms with Gasteiger partial charge in [-0.05, 0) is 43.0 Å². The Bertz CT molecular complexity index is 531. The molecule has 2 rings (SSSR count). The summed E-state index contributed by atoms with van der Waals surface area (Å²) in [5.41, 5.74) is 10.9. The molecule has 2 aromatic rings. The van der Waals surface area contributed by atoms with Gasteiger partial charge in [0.05, 0.1) is 0 Å². The molecular weight excluding hydrogens is 242 g/mol. The predicted molar refractivity (Wildman–Crippen MR) is 78.0 cm³/mol. The van der Waals surface area contributed by atoms with Gasteiger partial charge in [0, 0.05) is 11.1 Å².